The van der Waals surface area contributed by atoms with Crippen molar-refractivity contribution in [2.24, 2.45) is 11.7 Å². The quantitative estimate of drug-likeness (QED) is 0.943. The summed E-state index contributed by atoms with van der Waals surface area (Å²) in [4.78, 5) is 8.74. The Balaban J connectivity index is 1.77. The predicted molar refractivity (Wildman–Crippen MR) is 88.4 cm³/mol. The third kappa shape index (κ3) is 3.34. The first-order chi connectivity index (χ1) is 10.1. The number of hydrogen-bond donors (Lipinski definition) is 1. The van der Waals surface area contributed by atoms with E-state index in [0.717, 1.165) is 36.6 Å². The zero-order chi connectivity index (χ0) is 14.8. The fourth-order valence-corrected chi connectivity index (χ4v) is 4.06. The van der Waals surface area contributed by atoms with Crippen LogP contribution < -0.4 is 5.73 Å². The van der Waals surface area contributed by atoms with E-state index in [0.29, 0.717) is 5.92 Å². The van der Waals surface area contributed by atoms with Crippen LogP contribution in [0.1, 0.15) is 41.0 Å². The number of rotatable bonds is 4. The van der Waals surface area contributed by atoms with Crippen molar-refractivity contribution in [1.82, 2.24) is 9.88 Å². The highest BCUT2D eigenvalue weighted by molar-refractivity contribution is 7.11. The summed E-state index contributed by atoms with van der Waals surface area (Å²) in [5, 5.41) is 1.05. The van der Waals surface area contributed by atoms with E-state index in [1.807, 2.05) is 18.2 Å². The molecule has 1 aliphatic rings. The number of aromatic nitrogens is 1. The van der Waals surface area contributed by atoms with Crippen molar-refractivity contribution in [3.05, 3.63) is 51.5 Å². The van der Waals surface area contributed by atoms with Gasteiger partial charge in [-0.05, 0) is 11.5 Å². The standard InChI is InChI=1S/C17H23N3S/c1-12(2)10-20-9-8-14-15(11-20)21-17(19-14)16(18)13-6-4-3-5-7-13/h3-7,12,16H,8-11,18H2,1-2H3. The normalized spacial score (nSPS) is 17.0. The summed E-state index contributed by atoms with van der Waals surface area (Å²) >= 11 is 1.79. The molecule has 1 aromatic carbocycles. The van der Waals surface area contributed by atoms with Crippen molar-refractivity contribution in [1.29, 1.82) is 0 Å². The zero-order valence-corrected chi connectivity index (χ0v) is 13.6. The second kappa shape index (κ2) is 6.26. The minimum atomic E-state index is -0.0969. The molecule has 2 aromatic rings. The molecule has 1 atom stereocenters. The Hall–Kier alpha value is -1.23. The highest BCUT2D eigenvalue weighted by atomic mass is 32.1. The zero-order valence-electron chi connectivity index (χ0n) is 12.7. The van der Waals surface area contributed by atoms with Crippen molar-refractivity contribution in [2.45, 2.75) is 32.9 Å². The van der Waals surface area contributed by atoms with Crippen LogP contribution in [0.2, 0.25) is 0 Å². The van der Waals surface area contributed by atoms with Crippen LogP contribution in [-0.2, 0) is 13.0 Å². The van der Waals surface area contributed by atoms with E-state index in [4.69, 9.17) is 10.7 Å². The van der Waals surface area contributed by atoms with Crippen LogP contribution in [-0.4, -0.2) is 23.0 Å². The first kappa shape index (κ1) is 14.7. The molecule has 0 amide bonds. The van der Waals surface area contributed by atoms with Gasteiger partial charge in [-0.3, -0.25) is 4.90 Å². The van der Waals surface area contributed by atoms with Crippen LogP contribution in [0.3, 0.4) is 0 Å². The van der Waals surface area contributed by atoms with Gasteiger partial charge >= 0.3 is 0 Å². The molecule has 0 bridgehead atoms. The lowest BCUT2D eigenvalue weighted by atomic mass is 10.1. The van der Waals surface area contributed by atoms with Crippen LogP contribution in [0.15, 0.2) is 30.3 Å². The second-order valence-electron chi connectivity index (χ2n) is 6.19. The maximum absolute atomic E-state index is 6.38. The van der Waals surface area contributed by atoms with E-state index >= 15 is 0 Å². The summed E-state index contributed by atoms with van der Waals surface area (Å²) in [5.74, 6) is 0.713. The molecular formula is C17H23N3S. The molecule has 3 rings (SSSR count). The third-order valence-corrected chi connectivity index (χ3v) is 5.04. The predicted octanol–water partition coefficient (Wildman–Crippen LogP) is 3.21. The molecule has 0 saturated heterocycles. The molecule has 0 saturated carbocycles. The lowest BCUT2D eigenvalue weighted by Gasteiger charge is -2.27. The average Bonchev–Trinajstić information content (AvgIpc) is 2.90. The minimum Gasteiger partial charge on any atom is -0.318 e. The SMILES string of the molecule is CC(C)CN1CCc2nc(C(N)c3ccccc3)sc2C1. The summed E-state index contributed by atoms with van der Waals surface area (Å²) in [5.41, 5.74) is 8.78. The van der Waals surface area contributed by atoms with Gasteiger partial charge in [0.15, 0.2) is 0 Å². The molecule has 4 heteroatoms. The Morgan fingerprint density at radius 3 is 2.76 bits per heavy atom. The summed E-state index contributed by atoms with van der Waals surface area (Å²) < 4.78 is 0. The molecule has 2 heterocycles. The molecule has 0 fully saturated rings. The highest BCUT2D eigenvalue weighted by Crippen LogP contribution is 2.30. The van der Waals surface area contributed by atoms with E-state index in [9.17, 15) is 0 Å². The summed E-state index contributed by atoms with van der Waals surface area (Å²) in [7, 11) is 0. The van der Waals surface area contributed by atoms with Crippen molar-refractivity contribution in [2.75, 3.05) is 13.1 Å². The van der Waals surface area contributed by atoms with Gasteiger partial charge in [0.25, 0.3) is 0 Å². The monoisotopic (exact) mass is 301 g/mol. The topological polar surface area (TPSA) is 42.2 Å². The first-order valence-electron chi connectivity index (χ1n) is 7.65. The summed E-state index contributed by atoms with van der Waals surface area (Å²) in [6.07, 6.45) is 1.06. The average molecular weight is 301 g/mol. The smallest absolute Gasteiger partial charge is 0.114 e. The van der Waals surface area contributed by atoms with Crippen LogP contribution in [0.25, 0.3) is 0 Å². The van der Waals surface area contributed by atoms with Gasteiger partial charge in [-0.1, -0.05) is 44.2 Å². The number of nitrogens with zero attached hydrogens (tertiary/aromatic N) is 2. The van der Waals surface area contributed by atoms with E-state index in [1.54, 1.807) is 11.3 Å². The Bertz CT molecular complexity index is 591. The van der Waals surface area contributed by atoms with Crippen molar-refractivity contribution in [3.63, 3.8) is 0 Å². The van der Waals surface area contributed by atoms with Crippen molar-refractivity contribution in [3.8, 4) is 0 Å². The van der Waals surface area contributed by atoms with Gasteiger partial charge in [0.1, 0.15) is 5.01 Å². The van der Waals surface area contributed by atoms with Crippen LogP contribution >= 0.6 is 11.3 Å². The van der Waals surface area contributed by atoms with Gasteiger partial charge in [-0.2, -0.15) is 0 Å². The van der Waals surface area contributed by atoms with Gasteiger partial charge in [0, 0.05) is 30.9 Å². The van der Waals surface area contributed by atoms with Gasteiger partial charge < -0.3 is 5.73 Å². The first-order valence-corrected chi connectivity index (χ1v) is 8.46. The number of hydrogen-bond acceptors (Lipinski definition) is 4. The molecule has 0 radical (unpaired) electrons. The molecule has 2 N–H and O–H groups in total. The van der Waals surface area contributed by atoms with E-state index in [-0.39, 0.29) is 6.04 Å². The van der Waals surface area contributed by atoms with Crippen LogP contribution in [0.5, 0.6) is 0 Å². The minimum absolute atomic E-state index is 0.0969. The van der Waals surface area contributed by atoms with Gasteiger partial charge in [-0.15, -0.1) is 11.3 Å². The van der Waals surface area contributed by atoms with Gasteiger partial charge in [0.2, 0.25) is 0 Å². The molecule has 3 nitrogen and oxygen atoms in total. The lowest BCUT2D eigenvalue weighted by Crippen LogP contribution is -2.32. The maximum atomic E-state index is 6.38. The summed E-state index contributed by atoms with van der Waals surface area (Å²) in [6.45, 7) is 7.87. The van der Waals surface area contributed by atoms with E-state index in [2.05, 4.69) is 30.9 Å². The van der Waals surface area contributed by atoms with Gasteiger partial charge in [0.05, 0.1) is 11.7 Å². The fraction of sp³-hybridized carbons (Fsp3) is 0.471. The highest BCUT2D eigenvalue weighted by Gasteiger charge is 2.23. The fourth-order valence-electron chi connectivity index (χ4n) is 2.88. The molecule has 112 valence electrons. The summed E-state index contributed by atoms with van der Waals surface area (Å²) in [6, 6.07) is 10.2. The Morgan fingerprint density at radius 2 is 2.05 bits per heavy atom. The molecule has 1 aromatic heterocycles. The maximum Gasteiger partial charge on any atom is 0.114 e. The van der Waals surface area contributed by atoms with E-state index in [1.165, 1.54) is 10.6 Å². The Labute approximate surface area is 130 Å². The number of nitrogens with two attached hydrogens (primary N) is 1. The third-order valence-electron chi connectivity index (χ3n) is 3.87. The number of benzene rings is 1. The van der Waals surface area contributed by atoms with Crippen molar-refractivity contribution >= 4 is 11.3 Å². The molecule has 1 unspecified atom stereocenters. The molecular weight excluding hydrogens is 278 g/mol. The number of fused-ring (bicyclic) bond motifs is 1. The molecule has 0 spiro atoms. The lowest BCUT2D eigenvalue weighted by molar-refractivity contribution is 0.228. The second-order valence-corrected chi connectivity index (χ2v) is 7.30. The number of thiazole rings is 1. The van der Waals surface area contributed by atoms with Crippen LogP contribution in [0.4, 0.5) is 0 Å². The van der Waals surface area contributed by atoms with E-state index < -0.39 is 0 Å². The largest absolute Gasteiger partial charge is 0.318 e. The Morgan fingerprint density at radius 1 is 1.29 bits per heavy atom. The van der Waals surface area contributed by atoms with Gasteiger partial charge in [-0.25, -0.2) is 4.98 Å². The Kier molecular flexibility index (Phi) is 4.38. The van der Waals surface area contributed by atoms with Crippen molar-refractivity contribution < 1.29 is 0 Å². The molecule has 21 heavy (non-hydrogen) atoms. The molecule has 1 aliphatic heterocycles. The molecule has 0 aliphatic carbocycles. The van der Waals surface area contributed by atoms with Crippen LogP contribution in [0, 0.1) is 5.92 Å².